The van der Waals surface area contributed by atoms with Crippen molar-refractivity contribution in [3.8, 4) is 0 Å². The molecule has 5 heteroatoms. The first kappa shape index (κ1) is 8.47. The molecule has 3 unspecified atom stereocenters. The molecule has 3 atom stereocenters. The van der Waals surface area contributed by atoms with Crippen molar-refractivity contribution < 1.29 is 8.42 Å². The molecule has 0 radical (unpaired) electrons. The van der Waals surface area contributed by atoms with Gasteiger partial charge in [0.15, 0.2) is 0 Å². The van der Waals surface area contributed by atoms with Gasteiger partial charge in [-0.05, 0) is 31.1 Å². The van der Waals surface area contributed by atoms with Gasteiger partial charge in [-0.1, -0.05) is 6.42 Å². The van der Waals surface area contributed by atoms with Crippen molar-refractivity contribution in [3.63, 3.8) is 0 Å². The van der Waals surface area contributed by atoms with Gasteiger partial charge in [0.2, 0.25) is 0 Å². The van der Waals surface area contributed by atoms with Crippen LogP contribution in [0.3, 0.4) is 0 Å². The largest absolute Gasteiger partial charge is 0.274 e. The van der Waals surface area contributed by atoms with E-state index in [1.807, 2.05) is 0 Å². The summed E-state index contributed by atoms with van der Waals surface area (Å²) < 4.78 is 24.0. The molecule has 0 aromatic carbocycles. The summed E-state index contributed by atoms with van der Waals surface area (Å²) in [4.78, 5) is 0. The fourth-order valence-electron chi connectivity index (χ4n) is 2.60. The van der Waals surface area contributed by atoms with E-state index in [4.69, 9.17) is 5.14 Å². The number of hydrogen-bond acceptors (Lipinski definition) is 2. The minimum atomic E-state index is -3.48. The molecule has 0 amide bonds. The van der Waals surface area contributed by atoms with Crippen LogP contribution in [-0.2, 0) is 10.2 Å². The van der Waals surface area contributed by atoms with Crippen LogP contribution in [0.25, 0.3) is 0 Å². The number of nitrogens with one attached hydrogen (secondary N) is 1. The summed E-state index contributed by atoms with van der Waals surface area (Å²) in [5, 5.41) is 4.91. The van der Waals surface area contributed by atoms with Crippen molar-refractivity contribution in [2.45, 2.75) is 31.7 Å². The standard InChI is InChI=1S/C7H14N2O2S/c8-12(10,11)9-7-4-5-1-2-6(7)3-5/h5-7,9H,1-4H2,(H2,8,10,11). The summed E-state index contributed by atoms with van der Waals surface area (Å²) in [6.45, 7) is 0. The Labute approximate surface area is 72.7 Å². The van der Waals surface area contributed by atoms with Gasteiger partial charge in [0.05, 0.1) is 0 Å². The smallest absolute Gasteiger partial charge is 0.216 e. The first-order valence-corrected chi connectivity index (χ1v) is 5.89. The lowest BCUT2D eigenvalue weighted by atomic mass is 9.96. The lowest BCUT2D eigenvalue weighted by Crippen LogP contribution is -2.42. The third-order valence-corrected chi connectivity index (χ3v) is 3.69. The molecule has 2 bridgehead atoms. The topological polar surface area (TPSA) is 72.2 Å². The molecule has 0 aliphatic heterocycles. The summed E-state index contributed by atoms with van der Waals surface area (Å²) in [7, 11) is -3.48. The Bertz CT molecular complexity index is 275. The Balaban J connectivity index is 2.00. The molecular formula is C7H14N2O2S. The van der Waals surface area contributed by atoms with E-state index < -0.39 is 10.2 Å². The summed E-state index contributed by atoms with van der Waals surface area (Å²) in [5.41, 5.74) is 0. The van der Waals surface area contributed by atoms with Gasteiger partial charge in [0, 0.05) is 6.04 Å². The van der Waals surface area contributed by atoms with Crippen LogP contribution in [0.5, 0.6) is 0 Å². The van der Waals surface area contributed by atoms with Crippen LogP contribution in [0, 0.1) is 11.8 Å². The lowest BCUT2D eigenvalue weighted by Gasteiger charge is -2.21. The van der Waals surface area contributed by atoms with Crippen LogP contribution < -0.4 is 9.86 Å². The van der Waals surface area contributed by atoms with Gasteiger partial charge in [-0.3, -0.25) is 0 Å². The van der Waals surface area contributed by atoms with E-state index in [0.717, 1.165) is 18.8 Å². The average molecular weight is 190 g/mol. The van der Waals surface area contributed by atoms with Crippen LogP contribution in [-0.4, -0.2) is 14.5 Å². The highest BCUT2D eigenvalue weighted by Gasteiger charge is 2.40. The molecule has 12 heavy (non-hydrogen) atoms. The van der Waals surface area contributed by atoms with Gasteiger partial charge in [0.1, 0.15) is 0 Å². The normalized spacial score (nSPS) is 40.6. The van der Waals surface area contributed by atoms with Gasteiger partial charge in [-0.2, -0.15) is 13.1 Å². The van der Waals surface area contributed by atoms with Crippen molar-refractivity contribution in [1.82, 2.24) is 4.72 Å². The minimum Gasteiger partial charge on any atom is -0.216 e. The highest BCUT2D eigenvalue weighted by atomic mass is 32.2. The maximum atomic E-state index is 10.7. The average Bonchev–Trinajstić information content (AvgIpc) is 2.42. The van der Waals surface area contributed by atoms with Crippen LogP contribution in [0.15, 0.2) is 0 Å². The number of hydrogen-bond donors (Lipinski definition) is 2. The summed E-state index contributed by atoms with van der Waals surface area (Å²) in [5.74, 6) is 1.29. The Morgan fingerprint density at radius 2 is 2.00 bits per heavy atom. The first-order chi connectivity index (χ1) is 5.54. The maximum absolute atomic E-state index is 10.7. The quantitative estimate of drug-likeness (QED) is 0.641. The molecule has 2 aliphatic carbocycles. The van der Waals surface area contributed by atoms with E-state index in [0.29, 0.717) is 5.92 Å². The monoisotopic (exact) mass is 190 g/mol. The molecule has 70 valence electrons. The van der Waals surface area contributed by atoms with Crippen LogP contribution in [0.1, 0.15) is 25.7 Å². The van der Waals surface area contributed by atoms with E-state index in [1.54, 1.807) is 0 Å². The zero-order valence-corrected chi connectivity index (χ0v) is 7.68. The van der Waals surface area contributed by atoms with Crippen molar-refractivity contribution >= 4 is 10.2 Å². The molecule has 2 saturated carbocycles. The van der Waals surface area contributed by atoms with E-state index >= 15 is 0 Å². The van der Waals surface area contributed by atoms with Gasteiger partial charge in [0.25, 0.3) is 10.2 Å². The summed E-state index contributed by atoms with van der Waals surface area (Å²) in [6, 6.07) is 0.124. The van der Waals surface area contributed by atoms with Crippen molar-refractivity contribution in [1.29, 1.82) is 0 Å². The summed E-state index contributed by atoms with van der Waals surface area (Å²) in [6.07, 6.45) is 4.61. The molecule has 2 aliphatic rings. The Hall–Kier alpha value is -0.130. The minimum absolute atomic E-state index is 0.124. The highest BCUT2D eigenvalue weighted by Crippen LogP contribution is 2.44. The maximum Gasteiger partial charge on any atom is 0.274 e. The third kappa shape index (κ3) is 1.62. The zero-order valence-electron chi connectivity index (χ0n) is 6.86. The molecule has 2 rings (SSSR count). The fourth-order valence-corrected chi connectivity index (χ4v) is 3.31. The van der Waals surface area contributed by atoms with Crippen LogP contribution >= 0.6 is 0 Å². The Kier molecular flexibility index (Phi) is 1.89. The molecule has 0 aromatic rings. The highest BCUT2D eigenvalue weighted by molar-refractivity contribution is 7.87. The fraction of sp³-hybridized carbons (Fsp3) is 1.00. The first-order valence-electron chi connectivity index (χ1n) is 4.34. The van der Waals surface area contributed by atoms with Crippen molar-refractivity contribution in [2.24, 2.45) is 17.0 Å². The molecule has 0 aromatic heterocycles. The molecule has 4 nitrogen and oxygen atoms in total. The second-order valence-electron chi connectivity index (χ2n) is 3.94. The van der Waals surface area contributed by atoms with Gasteiger partial charge < -0.3 is 0 Å². The molecule has 0 heterocycles. The van der Waals surface area contributed by atoms with E-state index in [9.17, 15) is 8.42 Å². The van der Waals surface area contributed by atoms with Crippen molar-refractivity contribution in [3.05, 3.63) is 0 Å². The van der Waals surface area contributed by atoms with Crippen LogP contribution in [0.2, 0.25) is 0 Å². The number of nitrogens with two attached hydrogens (primary N) is 1. The number of fused-ring (bicyclic) bond motifs is 2. The molecular weight excluding hydrogens is 176 g/mol. The van der Waals surface area contributed by atoms with Gasteiger partial charge in [-0.25, -0.2) is 5.14 Å². The third-order valence-electron chi connectivity index (χ3n) is 3.05. The Morgan fingerprint density at radius 3 is 2.42 bits per heavy atom. The van der Waals surface area contributed by atoms with E-state index in [1.165, 1.54) is 12.8 Å². The predicted molar refractivity (Wildman–Crippen MR) is 45.5 cm³/mol. The molecule has 0 saturated heterocycles. The predicted octanol–water partition coefficient (Wildman–Crippen LogP) is -0.0319. The SMILES string of the molecule is NS(=O)(=O)NC1CC2CCC1C2. The summed E-state index contributed by atoms with van der Waals surface area (Å²) >= 11 is 0. The van der Waals surface area contributed by atoms with Gasteiger partial charge in [-0.15, -0.1) is 0 Å². The Morgan fingerprint density at radius 1 is 1.25 bits per heavy atom. The molecule has 0 spiro atoms. The molecule has 2 fully saturated rings. The van der Waals surface area contributed by atoms with Crippen molar-refractivity contribution in [2.75, 3.05) is 0 Å². The van der Waals surface area contributed by atoms with E-state index in [-0.39, 0.29) is 6.04 Å². The van der Waals surface area contributed by atoms with Crippen LogP contribution in [0.4, 0.5) is 0 Å². The second-order valence-corrected chi connectivity index (χ2v) is 5.27. The van der Waals surface area contributed by atoms with E-state index in [2.05, 4.69) is 4.72 Å². The second kappa shape index (κ2) is 2.68. The number of rotatable bonds is 2. The lowest BCUT2D eigenvalue weighted by molar-refractivity contribution is 0.390. The zero-order chi connectivity index (χ0) is 8.77. The van der Waals surface area contributed by atoms with Gasteiger partial charge >= 0.3 is 0 Å². The molecule has 3 N–H and O–H groups in total.